The van der Waals surface area contributed by atoms with E-state index in [-0.39, 0.29) is 16.4 Å². The molecule has 10 heteroatoms. The zero-order valence-corrected chi connectivity index (χ0v) is 16.1. The van der Waals surface area contributed by atoms with Crippen LogP contribution in [0.15, 0.2) is 52.9 Å². The van der Waals surface area contributed by atoms with Crippen LogP contribution in [0.1, 0.15) is 10.6 Å². The molecule has 0 amide bonds. The van der Waals surface area contributed by atoms with Gasteiger partial charge in [-0.15, -0.1) is 11.3 Å². The summed E-state index contributed by atoms with van der Waals surface area (Å²) in [6.45, 7) is 0. The Morgan fingerprint density at radius 2 is 1.86 bits per heavy atom. The quantitative estimate of drug-likeness (QED) is 0.373. The fourth-order valence-corrected chi connectivity index (χ4v) is 3.21. The second-order valence-corrected chi connectivity index (χ2v) is 7.12. The summed E-state index contributed by atoms with van der Waals surface area (Å²) in [5.74, 6) is 0. The lowest BCUT2D eigenvalue weighted by Crippen LogP contribution is -2.06. The third kappa shape index (κ3) is 4.62. The molecule has 1 N–H and O–H groups in total. The van der Waals surface area contributed by atoms with Gasteiger partial charge in [0.25, 0.3) is 0 Å². The molecule has 0 unspecified atom stereocenters. The first kappa shape index (κ1) is 20.1. The van der Waals surface area contributed by atoms with Crippen molar-refractivity contribution in [2.24, 2.45) is 5.10 Å². The number of thiazole rings is 1. The van der Waals surface area contributed by atoms with Crippen molar-refractivity contribution in [3.8, 4) is 17.3 Å². The van der Waals surface area contributed by atoms with Crippen LogP contribution in [-0.2, 0) is 6.18 Å². The average molecular weight is 441 g/mol. The minimum absolute atomic E-state index is 0.0371. The molecule has 0 atom stereocenters. The van der Waals surface area contributed by atoms with Crippen LogP contribution in [0.25, 0.3) is 11.3 Å². The van der Waals surface area contributed by atoms with E-state index >= 15 is 0 Å². The van der Waals surface area contributed by atoms with Crippen LogP contribution in [0.4, 0.5) is 18.9 Å². The molecule has 2 aromatic carbocycles. The van der Waals surface area contributed by atoms with Gasteiger partial charge in [-0.05, 0) is 30.3 Å². The number of halogens is 5. The highest BCUT2D eigenvalue weighted by atomic mass is 35.5. The Hall–Kier alpha value is -2.60. The number of alkyl halides is 3. The molecule has 0 bridgehead atoms. The summed E-state index contributed by atoms with van der Waals surface area (Å²) < 4.78 is 38.5. The number of nitrogens with zero attached hydrogens (tertiary/aromatic N) is 3. The molecule has 1 heterocycles. The van der Waals surface area contributed by atoms with Crippen molar-refractivity contribution in [3.05, 3.63) is 68.5 Å². The zero-order valence-electron chi connectivity index (χ0n) is 13.8. The minimum Gasteiger partial charge on any atom is -0.276 e. The van der Waals surface area contributed by atoms with Gasteiger partial charge in [-0.1, -0.05) is 35.3 Å². The number of aromatic nitrogens is 1. The van der Waals surface area contributed by atoms with Crippen molar-refractivity contribution < 1.29 is 13.2 Å². The lowest BCUT2D eigenvalue weighted by atomic mass is 10.2. The lowest BCUT2D eigenvalue weighted by molar-refractivity contribution is -0.137. The monoisotopic (exact) mass is 440 g/mol. The Bertz CT molecular complexity index is 1070. The second kappa shape index (κ2) is 8.19. The third-order valence-corrected chi connectivity index (χ3v) is 4.97. The number of hydrazone groups is 1. The van der Waals surface area contributed by atoms with Gasteiger partial charge in [0.15, 0.2) is 10.7 Å². The molecule has 142 valence electrons. The smallest absolute Gasteiger partial charge is 0.276 e. The maximum atomic E-state index is 12.8. The van der Waals surface area contributed by atoms with E-state index in [4.69, 9.17) is 23.2 Å². The van der Waals surface area contributed by atoms with E-state index in [1.54, 1.807) is 29.6 Å². The number of benzene rings is 2. The third-order valence-electron chi connectivity index (χ3n) is 3.53. The fourth-order valence-electron chi connectivity index (χ4n) is 2.16. The second-order valence-electron chi connectivity index (χ2n) is 5.42. The maximum absolute atomic E-state index is 12.8. The summed E-state index contributed by atoms with van der Waals surface area (Å²) in [7, 11) is 0. The van der Waals surface area contributed by atoms with E-state index in [0.717, 1.165) is 23.8 Å². The molecule has 3 aromatic rings. The van der Waals surface area contributed by atoms with Crippen molar-refractivity contribution in [2.45, 2.75) is 6.18 Å². The Morgan fingerprint density at radius 3 is 2.50 bits per heavy atom. The zero-order chi connectivity index (χ0) is 20.3. The van der Waals surface area contributed by atoms with Crippen LogP contribution >= 0.6 is 34.5 Å². The molecule has 0 saturated carbocycles. The van der Waals surface area contributed by atoms with Crippen molar-refractivity contribution in [2.75, 3.05) is 5.43 Å². The summed E-state index contributed by atoms with van der Waals surface area (Å²) in [5, 5.41) is 15.9. The minimum atomic E-state index is -4.52. The number of hydrogen-bond acceptors (Lipinski definition) is 5. The summed E-state index contributed by atoms with van der Waals surface area (Å²) in [6.07, 6.45) is -4.52. The van der Waals surface area contributed by atoms with Gasteiger partial charge in [-0.2, -0.15) is 23.5 Å². The van der Waals surface area contributed by atoms with Gasteiger partial charge in [0.1, 0.15) is 6.07 Å². The summed E-state index contributed by atoms with van der Waals surface area (Å²) >= 11 is 12.9. The SMILES string of the molecule is N#C/C(=N/Nc1cc(C(F)(F)F)ccc1Cl)c1nc(-c2ccc(Cl)cc2)cs1. The van der Waals surface area contributed by atoms with E-state index in [1.165, 1.54) is 11.3 Å². The van der Waals surface area contributed by atoms with Gasteiger partial charge in [0.05, 0.1) is 22.0 Å². The van der Waals surface area contributed by atoms with Crippen LogP contribution in [0.2, 0.25) is 10.0 Å². The first-order chi connectivity index (χ1) is 13.3. The topological polar surface area (TPSA) is 61.1 Å². The number of rotatable bonds is 4. The molecule has 3 rings (SSSR count). The van der Waals surface area contributed by atoms with Gasteiger partial charge in [0.2, 0.25) is 0 Å². The van der Waals surface area contributed by atoms with Crippen LogP contribution in [-0.4, -0.2) is 10.7 Å². The molecule has 0 radical (unpaired) electrons. The first-order valence-electron chi connectivity index (χ1n) is 7.60. The molecule has 4 nitrogen and oxygen atoms in total. The van der Waals surface area contributed by atoms with E-state index in [2.05, 4.69) is 15.5 Å². The van der Waals surface area contributed by atoms with E-state index in [1.807, 2.05) is 6.07 Å². The molecule has 0 saturated heterocycles. The molecule has 28 heavy (non-hydrogen) atoms. The molecular weight excluding hydrogens is 432 g/mol. The van der Waals surface area contributed by atoms with Gasteiger partial charge in [-0.25, -0.2) is 4.98 Å². The Morgan fingerprint density at radius 1 is 1.14 bits per heavy atom. The van der Waals surface area contributed by atoms with Crippen LogP contribution in [0.3, 0.4) is 0 Å². The fraction of sp³-hybridized carbons (Fsp3) is 0.0556. The highest BCUT2D eigenvalue weighted by Gasteiger charge is 2.31. The van der Waals surface area contributed by atoms with E-state index in [9.17, 15) is 18.4 Å². The largest absolute Gasteiger partial charge is 0.416 e. The Labute approximate surface area is 171 Å². The Kier molecular flexibility index (Phi) is 5.89. The Balaban J connectivity index is 1.86. The number of hydrogen-bond donors (Lipinski definition) is 1. The molecule has 0 aliphatic carbocycles. The molecular formula is C18H9Cl2F3N4S. The average Bonchev–Trinajstić information content (AvgIpc) is 3.13. The normalized spacial score (nSPS) is 11.9. The molecule has 1 aromatic heterocycles. The van der Waals surface area contributed by atoms with Crippen molar-refractivity contribution in [1.29, 1.82) is 5.26 Å². The van der Waals surface area contributed by atoms with Crippen LogP contribution in [0, 0.1) is 11.3 Å². The maximum Gasteiger partial charge on any atom is 0.416 e. The first-order valence-corrected chi connectivity index (χ1v) is 9.24. The number of nitrogens with one attached hydrogen (secondary N) is 1. The lowest BCUT2D eigenvalue weighted by Gasteiger charge is -2.10. The summed E-state index contributed by atoms with van der Waals surface area (Å²) in [6, 6.07) is 11.7. The van der Waals surface area contributed by atoms with Crippen molar-refractivity contribution in [1.82, 2.24) is 4.98 Å². The van der Waals surface area contributed by atoms with Crippen LogP contribution in [0.5, 0.6) is 0 Å². The van der Waals surface area contributed by atoms with Gasteiger partial charge < -0.3 is 0 Å². The molecule has 0 spiro atoms. The summed E-state index contributed by atoms with van der Waals surface area (Å²) in [4.78, 5) is 4.34. The van der Waals surface area contributed by atoms with Crippen molar-refractivity contribution in [3.63, 3.8) is 0 Å². The van der Waals surface area contributed by atoms with Crippen LogP contribution < -0.4 is 5.43 Å². The highest BCUT2D eigenvalue weighted by molar-refractivity contribution is 7.12. The standard InChI is InChI=1S/C18H9Cl2F3N4S/c19-12-4-1-10(2-5-12)16-9-28-17(25-16)15(8-24)27-26-14-7-11(18(21,22)23)3-6-13(14)20/h1-7,9,26H/b27-15-. The number of anilines is 1. The van der Waals surface area contributed by atoms with E-state index in [0.29, 0.717) is 15.7 Å². The summed E-state index contributed by atoms with van der Waals surface area (Å²) in [5.41, 5.74) is 2.80. The van der Waals surface area contributed by atoms with Gasteiger partial charge in [0, 0.05) is 16.0 Å². The molecule has 0 fully saturated rings. The molecule has 0 aliphatic heterocycles. The highest BCUT2D eigenvalue weighted by Crippen LogP contribution is 2.34. The van der Waals surface area contributed by atoms with Gasteiger partial charge in [-0.3, -0.25) is 5.43 Å². The van der Waals surface area contributed by atoms with E-state index < -0.39 is 11.7 Å². The molecule has 0 aliphatic rings. The predicted octanol–water partition coefficient (Wildman–Crippen LogP) is 6.48. The van der Waals surface area contributed by atoms with Crippen molar-refractivity contribution >= 4 is 45.9 Å². The number of nitriles is 1. The van der Waals surface area contributed by atoms with Gasteiger partial charge >= 0.3 is 6.18 Å². The predicted molar refractivity (Wildman–Crippen MR) is 105 cm³/mol.